The zero-order valence-corrected chi connectivity index (χ0v) is 21.6. The zero-order chi connectivity index (χ0) is 25.4. The molecule has 2 aromatic carbocycles. The highest BCUT2D eigenvalue weighted by molar-refractivity contribution is 5.82. The summed E-state index contributed by atoms with van der Waals surface area (Å²) in [6.45, 7) is 12.0. The van der Waals surface area contributed by atoms with E-state index in [4.69, 9.17) is 9.47 Å². The van der Waals surface area contributed by atoms with Gasteiger partial charge in [0.1, 0.15) is 24.7 Å². The van der Waals surface area contributed by atoms with Gasteiger partial charge in [-0.3, -0.25) is 14.4 Å². The van der Waals surface area contributed by atoms with Crippen molar-refractivity contribution in [2.45, 2.75) is 53.2 Å². The third-order valence-corrected chi connectivity index (χ3v) is 7.49. The summed E-state index contributed by atoms with van der Waals surface area (Å²) in [5.41, 5.74) is 6.89. The van der Waals surface area contributed by atoms with E-state index in [0.29, 0.717) is 32.1 Å². The summed E-state index contributed by atoms with van der Waals surface area (Å²) in [7, 11) is 0. The Hall–Kier alpha value is -3.32. The van der Waals surface area contributed by atoms with E-state index in [1.807, 2.05) is 12.1 Å². The number of benzene rings is 2. The Morgan fingerprint density at radius 1 is 1.17 bits per heavy atom. The fourth-order valence-corrected chi connectivity index (χ4v) is 5.25. The van der Waals surface area contributed by atoms with Crippen LogP contribution in [0.25, 0.3) is 16.5 Å². The van der Waals surface area contributed by atoms with E-state index < -0.39 is 5.97 Å². The molecule has 5 rings (SSSR count). The number of rotatable bonds is 7. The van der Waals surface area contributed by atoms with E-state index in [0.717, 1.165) is 53.5 Å². The molecule has 0 atom stereocenters. The molecule has 1 fully saturated rings. The second-order valence-corrected chi connectivity index (χ2v) is 10.3. The van der Waals surface area contributed by atoms with Crippen molar-refractivity contribution in [3.8, 4) is 11.5 Å². The van der Waals surface area contributed by atoms with Gasteiger partial charge in [0.25, 0.3) is 0 Å². The van der Waals surface area contributed by atoms with Crippen LogP contribution in [0.1, 0.15) is 56.5 Å². The predicted molar refractivity (Wildman–Crippen MR) is 141 cm³/mol. The number of ether oxygens (including phenoxy) is 2. The van der Waals surface area contributed by atoms with Crippen molar-refractivity contribution >= 4 is 22.4 Å². The van der Waals surface area contributed by atoms with E-state index in [-0.39, 0.29) is 5.92 Å². The lowest BCUT2D eigenvalue weighted by molar-refractivity contribution is -0.143. The van der Waals surface area contributed by atoms with Crippen LogP contribution in [0.15, 0.2) is 42.0 Å². The summed E-state index contributed by atoms with van der Waals surface area (Å²) in [5, 5.41) is 15.1. The molecule has 7 nitrogen and oxygen atoms in total. The maximum absolute atomic E-state index is 11.2. The number of aliphatic carboxylic acids is 1. The van der Waals surface area contributed by atoms with Crippen molar-refractivity contribution in [2.24, 2.45) is 5.92 Å². The molecule has 3 heterocycles. The Morgan fingerprint density at radius 3 is 2.67 bits per heavy atom. The smallest absolute Gasteiger partial charge is 0.306 e. The van der Waals surface area contributed by atoms with Gasteiger partial charge < -0.3 is 14.6 Å². The van der Waals surface area contributed by atoms with Crippen molar-refractivity contribution in [3.63, 3.8) is 0 Å². The molecular formula is C29H35N3O4. The van der Waals surface area contributed by atoms with Crippen molar-refractivity contribution < 1.29 is 19.4 Å². The van der Waals surface area contributed by atoms with Crippen molar-refractivity contribution in [1.82, 2.24) is 14.7 Å². The first-order valence-corrected chi connectivity index (χ1v) is 12.8. The number of carboxylic acids is 1. The molecule has 0 saturated carbocycles. The average molecular weight is 490 g/mol. The van der Waals surface area contributed by atoms with Crippen LogP contribution in [-0.4, -0.2) is 52.0 Å². The van der Waals surface area contributed by atoms with Crippen LogP contribution in [0.4, 0.5) is 0 Å². The Balaban J connectivity index is 1.25. The Bertz CT molecular complexity index is 1320. The largest absolute Gasteiger partial charge is 0.489 e. The van der Waals surface area contributed by atoms with Gasteiger partial charge >= 0.3 is 5.97 Å². The van der Waals surface area contributed by atoms with Crippen molar-refractivity contribution in [1.29, 1.82) is 0 Å². The predicted octanol–water partition coefficient (Wildman–Crippen LogP) is 5.47. The molecule has 0 radical (unpaired) electrons. The van der Waals surface area contributed by atoms with Gasteiger partial charge in [0.2, 0.25) is 0 Å². The molecule has 0 bridgehead atoms. The standard InChI is InChI=1S/C29H35N3O4/c1-18(2)32-27-8-5-21(13-26(27)20(4)30-32)16-35-24-6-7-25-19(3)23(17-36-28(25)14-24)15-31-11-9-22(10-12-31)29(33)34/h5-8,13-14,18,22H,9-12,15-17H2,1-4H3,(H,33,34). The fourth-order valence-electron chi connectivity index (χ4n) is 5.25. The second-order valence-electron chi connectivity index (χ2n) is 10.3. The van der Waals surface area contributed by atoms with Crippen LogP contribution in [0.3, 0.4) is 0 Å². The van der Waals surface area contributed by atoms with Gasteiger partial charge in [-0.05, 0) is 94.6 Å². The summed E-state index contributed by atoms with van der Waals surface area (Å²) in [6.07, 6.45) is 1.43. The third kappa shape index (κ3) is 4.85. The number of fused-ring (bicyclic) bond motifs is 2. The molecule has 1 aromatic heterocycles. The molecule has 0 amide bonds. The molecule has 1 N–H and O–H groups in total. The van der Waals surface area contributed by atoms with Crippen LogP contribution < -0.4 is 9.47 Å². The van der Waals surface area contributed by atoms with Gasteiger partial charge in [-0.25, -0.2) is 0 Å². The summed E-state index contributed by atoms with van der Waals surface area (Å²) < 4.78 is 14.3. The first-order valence-electron chi connectivity index (χ1n) is 12.8. The van der Waals surface area contributed by atoms with E-state index in [1.165, 1.54) is 16.5 Å². The zero-order valence-electron chi connectivity index (χ0n) is 21.6. The highest BCUT2D eigenvalue weighted by Crippen LogP contribution is 2.36. The monoisotopic (exact) mass is 489 g/mol. The van der Waals surface area contributed by atoms with E-state index in [9.17, 15) is 9.90 Å². The van der Waals surface area contributed by atoms with E-state index >= 15 is 0 Å². The summed E-state index contributed by atoms with van der Waals surface area (Å²) >= 11 is 0. The van der Waals surface area contributed by atoms with Gasteiger partial charge in [0, 0.05) is 29.6 Å². The fraction of sp³-hybridized carbons (Fsp3) is 0.448. The van der Waals surface area contributed by atoms with Gasteiger partial charge in [-0.15, -0.1) is 0 Å². The number of likely N-dealkylation sites (tertiary alicyclic amines) is 1. The highest BCUT2D eigenvalue weighted by Gasteiger charge is 2.26. The number of carboxylic acid groups (broad SMARTS) is 1. The second kappa shape index (κ2) is 9.97. The van der Waals surface area contributed by atoms with Crippen LogP contribution in [0.5, 0.6) is 11.5 Å². The molecule has 36 heavy (non-hydrogen) atoms. The minimum absolute atomic E-state index is 0.207. The van der Waals surface area contributed by atoms with Gasteiger partial charge in [0.05, 0.1) is 17.1 Å². The summed E-state index contributed by atoms with van der Waals surface area (Å²) in [4.78, 5) is 13.6. The number of aryl methyl sites for hydroxylation is 1. The summed E-state index contributed by atoms with van der Waals surface area (Å²) in [5.74, 6) is 0.760. The van der Waals surface area contributed by atoms with Crippen molar-refractivity contribution in [2.75, 3.05) is 26.2 Å². The summed E-state index contributed by atoms with van der Waals surface area (Å²) in [6, 6.07) is 12.8. The SMILES string of the molecule is CC1=C(CN2CCC(C(=O)O)CC2)COc2cc(OCc3ccc4c(c3)c(C)nn4C(C)C)ccc21. The topological polar surface area (TPSA) is 76.8 Å². The lowest BCUT2D eigenvalue weighted by Crippen LogP contribution is -2.38. The number of carbonyl (C=O) groups is 1. The number of aromatic nitrogens is 2. The maximum atomic E-state index is 11.2. The first kappa shape index (κ1) is 24.4. The number of allylic oxidation sites excluding steroid dienone is 1. The van der Waals surface area contributed by atoms with Gasteiger partial charge in [-0.2, -0.15) is 5.10 Å². The molecule has 2 aliphatic rings. The number of hydrogen-bond donors (Lipinski definition) is 1. The lowest BCUT2D eigenvalue weighted by atomic mass is 9.95. The minimum Gasteiger partial charge on any atom is -0.489 e. The van der Waals surface area contributed by atoms with Crippen LogP contribution in [0, 0.1) is 12.8 Å². The minimum atomic E-state index is -0.670. The van der Waals surface area contributed by atoms with E-state index in [2.05, 4.69) is 66.6 Å². The average Bonchev–Trinajstić information content (AvgIpc) is 3.21. The lowest BCUT2D eigenvalue weighted by Gasteiger charge is -2.32. The molecule has 0 spiro atoms. The van der Waals surface area contributed by atoms with Gasteiger partial charge in [0.15, 0.2) is 0 Å². The first-order chi connectivity index (χ1) is 17.3. The number of hydrogen-bond acceptors (Lipinski definition) is 5. The molecule has 0 unspecified atom stereocenters. The molecule has 3 aromatic rings. The molecular weight excluding hydrogens is 454 g/mol. The molecule has 0 aliphatic carbocycles. The van der Waals surface area contributed by atoms with Crippen LogP contribution in [0.2, 0.25) is 0 Å². The third-order valence-electron chi connectivity index (χ3n) is 7.49. The molecule has 2 aliphatic heterocycles. The molecule has 190 valence electrons. The number of piperidine rings is 1. The Labute approximate surface area is 212 Å². The molecule has 7 heteroatoms. The molecule has 1 saturated heterocycles. The number of nitrogens with zero attached hydrogens (tertiary/aromatic N) is 3. The quantitative estimate of drug-likeness (QED) is 0.474. The highest BCUT2D eigenvalue weighted by atomic mass is 16.5. The van der Waals surface area contributed by atoms with Crippen molar-refractivity contribution in [3.05, 3.63) is 58.8 Å². The van der Waals surface area contributed by atoms with Gasteiger partial charge in [-0.1, -0.05) is 6.07 Å². The Morgan fingerprint density at radius 2 is 1.94 bits per heavy atom. The Kier molecular flexibility index (Phi) is 6.75. The van der Waals surface area contributed by atoms with E-state index in [1.54, 1.807) is 0 Å². The van der Waals surface area contributed by atoms with Crippen LogP contribution >= 0.6 is 0 Å². The maximum Gasteiger partial charge on any atom is 0.306 e. The van der Waals surface area contributed by atoms with Crippen LogP contribution in [-0.2, 0) is 11.4 Å². The normalized spacial score (nSPS) is 16.9.